The van der Waals surface area contributed by atoms with E-state index in [1.807, 2.05) is 0 Å². The Hall–Kier alpha value is 0.350. The largest absolute Gasteiger partial charge is 0.175 e. The summed E-state index contributed by atoms with van der Waals surface area (Å²) in [6, 6.07) is 0. The molecule has 0 aromatic carbocycles. The monoisotopic (exact) mass is 200 g/mol. The molecule has 1 rings (SSSR count). The van der Waals surface area contributed by atoms with E-state index in [-0.39, 0.29) is 0 Å². The first-order chi connectivity index (χ1) is 5.83. The van der Waals surface area contributed by atoms with Crippen molar-refractivity contribution in [3.8, 4) is 0 Å². The van der Waals surface area contributed by atoms with Gasteiger partial charge in [0.2, 0.25) is 0 Å². The standard InChI is InChI=1S/C12H24S/c1-11(2)8-6-5-7-10(13)12(3,4)9-11/h10,13H,5-9H2,1-4H3. The Kier molecular flexibility index (Phi) is 3.38. The molecule has 1 saturated carbocycles. The minimum absolute atomic E-state index is 0.410. The third-order valence-electron chi connectivity index (χ3n) is 3.42. The molecule has 1 aliphatic rings. The van der Waals surface area contributed by atoms with E-state index >= 15 is 0 Å². The summed E-state index contributed by atoms with van der Waals surface area (Å²) in [5, 5.41) is 0.590. The molecular formula is C12H24S. The van der Waals surface area contributed by atoms with E-state index in [1.54, 1.807) is 0 Å². The van der Waals surface area contributed by atoms with E-state index in [2.05, 4.69) is 27.7 Å². The van der Waals surface area contributed by atoms with Crippen molar-refractivity contribution in [3.63, 3.8) is 0 Å². The van der Waals surface area contributed by atoms with E-state index in [9.17, 15) is 0 Å². The topological polar surface area (TPSA) is 0 Å². The summed E-state index contributed by atoms with van der Waals surface area (Å²) in [5.74, 6) is 0. The van der Waals surface area contributed by atoms with Gasteiger partial charge in [0.1, 0.15) is 0 Å². The molecule has 0 spiro atoms. The third kappa shape index (κ3) is 3.19. The summed E-state index contributed by atoms with van der Waals surface area (Å²) >= 11 is 4.74. The highest BCUT2D eigenvalue weighted by molar-refractivity contribution is 7.81. The first kappa shape index (κ1) is 11.4. The first-order valence-electron chi connectivity index (χ1n) is 5.52. The molecule has 1 heteroatoms. The Morgan fingerprint density at radius 3 is 2.31 bits per heavy atom. The van der Waals surface area contributed by atoms with Gasteiger partial charge >= 0.3 is 0 Å². The molecule has 0 saturated heterocycles. The van der Waals surface area contributed by atoms with Crippen molar-refractivity contribution in [1.29, 1.82) is 0 Å². The highest BCUT2D eigenvalue weighted by Crippen LogP contribution is 2.44. The summed E-state index contributed by atoms with van der Waals surface area (Å²) in [7, 11) is 0. The number of rotatable bonds is 0. The predicted octanol–water partition coefficient (Wildman–Crippen LogP) is 4.30. The molecule has 78 valence electrons. The second kappa shape index (κ2) is 3.84. The van der Waals surface area contributed by atoms with Crippen molar-refractivity contribution in [2.75, 3.05) is 0 Å². The first-order valence-corrected chi connectivity index (χ1v) is 6.03. The molecule has 0 radical (unpaired) electrons. The van der Waals surface area contributed by atoms with E-state index in [4.69, 9.17) is 12.6 Å². The lowest BCUT2D eigenvalue weighted by Crippen LogP contribution is -2.32. The lowest BCUT2D eigenvalue weighted by atomic mass is 9.68. The van der Waals surface area contributed by atoms with E-state index in [0.29, 0.717) is 16.1 Å². The Morgan fingerprint density at radius 1 is 1.08 bits per heavy atom. The number of hydrogen-bond donors (Lipinski definition) is 1. The van der Waals surface area contributed by atoms with Crippen LogP contribution in [0.4, 0.5) is 0 Å². The van der Waals surface area contributed by atoms with Gasteiger partial charge < -0.3 is 0 Å². The Morgan fingerprint density at radius 2 is 1.69 bits per heavy atom. The summed E-state index contributed by atoms with van der Waals surface area (Å²) in [6.45, 7) is 9.55. The zero-order valence-electron chi connectivity index (χ0n) is 9.56. The smallest absolute Gasteiger partial charge is 0.00682 e. The van der Waals surface area contributed by atoms with Crippen LogP contribution in [0.2, 0.25) is 0 Å². The van der Waals surface area contributed by atoms with E-state index in [1.165, 1.54) is 32.1 Å². The fourth-order valence-corrected chi connectivity index (χ4v) is 3.05. The summed E-state index contributed by atoms with van der Waals surface area (Å²) in [4.78, 5) is 0. The zero-order valence-corrected chi connectivity index (χ0v) is 10.5. The maximum atomic E-state index is 4.74. The molecule has 1 fully saturated rings. The van der Waals surface area contributed by atoms with Crippen LogP contribution in [0.1, 0.15) is 59.8 Å². The average Bonchev–Trinajstić information content (AvgIpc) is 1.94. The Labute approximate surface area is 88.9 Å². The zero-order chi connectivity index (χ0) is 10.1. The van der Waals surface area contributed by atoms with Gasteiger partial charge in [0.05, 0.1) is 0 Å². The Balaban J connectivity index is 2.70. The van der Waals surface area contributed by atoms with Crippen molar-refractivity contribution in [2.24, 2.45) is 10.8 Å². The van der Waals surface area contributed by atoms with Gasteiger partial charge in [-0.1, -0.05) is 40.5 Å². The normalized spacial score (nSPS) is 33.5. The number of hydrogen-bond acceptors (Lipinski definition) is 1. The molecule has 1 unspecified atom stereocenters. The number of thiol groups is 1. The van der Waals surface area contributed by atoms with Gasteiger partial charge in [-0.2, -0.15) is 12.6 Å². The van der Waals surface area contributed by atoms with Gasteiger partial charge in [-0.05, 0) is 30.1 Å². The average molecular weight is 200 g/mol. The van der Waals surface area contributed by atoms with Crippen LogP contribution in [0.3, 0.4) is 0 Å². The van der Waals surface area contributed by atoms with Gasteiger partial charge in [0.15, 0.2) is 0 Å². The van der Waals surface area contributed by atoms with Crippen LogP contribution in [0.15, 0.2) is 0 Å². The predicted molar refractivity (Wildman–Crippen MR) is 63.4 cm³/mol. The lowest BCUT2D eigenvalue weighted by Gasteiger charge is -2.41. The summed E-state index contributed by atoms with van der Waals surface area (Å²) in [6.07, 6.45) is 6.75. The molecule has 0 aliphatic heterocycles. The molecule has 0 heterocycles. The highest BCUT2D eigenvalue weighted by Gasteiger charge is 2.34. The molecule has 0 aromatic rings. The Bertz CT molecular complexity index is 170. The van der Waals surface area contributed by atoms with Crippen molar-refractivity contribution in [1.82, 2.24) is 0 Å². The van der Waals surface area contributed by atoms with Crippen LogP contribution in [-0.4, -0.2) is 5.25 Å². The van der Waals surface area contributed by atoms with Gasteiger partial charge in [-0.25, -0.2) is 0 Å². The van der Waals surface area contributed by atoms with Crippen LogP contribution in [0.25, 0.3) is 0 Å². The lowest BCUT2D eigenvalue weighted by molar-refractivity contribution is 0.154. The maximum Gasteiger partial charge on any atom is 0.00682 e. The van der Waals surface area contributed by atoms with E-state index < -0.39 is 0 Å². The van der Waals surface area contributed by atoms with Crippen molar-refractivity contribution < 1.29 is 0 Å². The molecule has 0 aromatic heterocycles. The van der Waals surface area contributed by atoms with Crippen LogP contribution in [0.5, 0.6) is 0 Å². The SMILES string of the molecule is CC1(C)CCCCC(S)C(C)(C)C1. The molecule has 0 nitrogen and oxygen atoms in total. The van der Waals surface area contributed by atoms with Crippen LogP contribution in [0, 0.1) is 10.8 Å². The van der Waals surface area contributed by atoms with Crippen molar-refractivity contribution in [3.05, 3.63) is 0 Å². The van der Waals surface area contributed by atoms with Crippen LogP contribution >= 0.6 is 12.6 Å². The highest BCUT2D eigenvalue weighted by atomic mass is 32.1. The molecule has 0 amide bonds. The molecule has 13 heavy (non-hydrogen) atoms. The second-order valence-electron chi connectivity index (χ2n) is 6.09. The van der Waals surface area contributed by atoms with Crippen molar-refractivity contribution >= 4 is 12.6 Å². The molecule has 0 bridgehead atoms. The van der Waals surface area contributed by atoms with Gasteiger partial charge in [0, 0.05) is 5.25 Å². The fraction of sp³-hybridized carbons (Fsp3) is 1.00. The summed E-state index contributed by atoms with van der Waals surface area (Å²) in [5.41, 5.74) is 0.929. The summed E-state index contributed by atoms with van der Waals surface area (Å²) < 4.78 is 0. The van der Waals surface area contributed by atoms with Gasteiger partial charge in [-0.3, -0.25) is 0 Å². The van der Waals surface area contributed by atoms with Crippen LogP contribution < -0.4 is 0 Å². The molecule has 1 atom stereocenters. The van der Waals surface area contributed by atoms with E-state index in [0.717, 1.165) is 0 Å². The van der Waals surface area contributed by atoms with Crippen LogP contribution in [-0.2, 0) is 0 Å². The van der Waals surface area contributed by atoms with Crippen molar-refractivity contribution in [2.45, 2.75) is 65.0 Å². The maximum absolute atomic E-state index is 4.74. The van der Waals surface area contributed by atoms with Gasteiger partial charge in [0.25, 0.3) is 0 Å². The molecule has 1 aliphatic carbocycles. The fourth-order valence-electron chi connectivity index (χ4n) is 2.77. The third-order valence-corrected chi connectivity index (χ3v) is 4.37. The molecular weight excluding hydrogens is 176 g/mol. The quantitative estimate of drug-likeness (QED) is 0.554. The minimum atomic E-state index is 0.410. The second-order valence-corrected chi connectivity index (χ2v) is 6.71. The van der Waals surface area contributed by atoms with Gasteiger partial charge in [-0.15, -0.1) is 0 Å². The minimum Gasteiger partial charge on any atom is -0.175 e. The molecule has 0 N–H and O–H groups in total.